The van der Waals surface area contributed by atoms with Gasteiger partial charge in [-0.1, -0.05) is 18.5 Å². The number of carbonyl (C=O) groups excluding carboxylic acids is 1. The van der Waals surface area contributed by atoms with Crippen molar-refractivity contribution in [3.63, 3.8) is 0 Å². The Balaban J connectivity index is 1.97. The van der Waals surface area contributed by atoms with E-state index in [1.54, 1.807) is 0 Å². The van der Waals surface area contributed by atoms with Crippen LogP contribution in [0.4, 0.5) is 10.1 Å². The number of carbonyl (C=O) groups is 1. The van der Waals surface area contributed by atoms with E-state index in [-0.39, 0.29) is 17.0 Å². The van der Waals surface area contributed by atoms with Gasteiger partial charge in [0.2, 0.25) is 0 Å². The van der Waals surface area contributed by atoms with Gasteiger partial charge in [-0.25, -0.2) is 4.39 Å². The normalized spacial score (nSPS) is 24.2. The zero-order valence-electron chi connectivity index (χ0n) is 11.9. The molecule has 2 rings (SSSR count). The summed E-state index contributed by atoms with van der Waals surface area (Å²) < 4.78 is 13.0. The maximum atomic E-state index is 13.0. The van der Waals surface area contributed by atoms with Crippen molar-refractivity contribution < 1.29 is 14.1 Å². The van der Waals surface area contributed by atoms with Crippen molar-refractivity contribution in [2.75, 3.05) is 18.4 Å². The standard InChI is InChI=1S/C15H20ClFN2O/c1-10-5-7-19(8-6-10)11(2)15(20)18-14-4-3-12(17)9-13(14)16/h3-4,9-11H,5-8H2,1-2H3,(H,18,20)/p+1/t11-/m0/s1. The fraction of sp³-hybridized carbons (Fsp3) is 0.533. The first-order chi connectivity index (χ1) is 9.47. The van der Waals surface area contributed by atoms with E-state index in [1.165, 1.54) is 23.1 Å². The van der Waals surface area contributed by atoms with Crippen LogP contribution in [0.25, 0.3) is 0 Å². The number of anilines is 1. The lowest BCUT2D eigenvalue weighted by Gasteiger charge is -2.31. The van der Waals surface area contributed by atoms with Crippen LogP contribution in [0.2, 0.25) is 5.02 Å². The summed E-state index contributed by atoms with van der Waals surface area (Å²) in [5, 5.41) is 3.02. The molecule has 110 valence electrons. The molecule has 1 aliphatic rings. The molecule has 0 unspecified atom stereocenters. The molecule has 0 spiro atoms. The van der Waals surface area contributed by atoms with Gasteiger partial charge in [0.25, 0.3) is 5.91 Å². The number of hydrogen-bond acceptors (Lipinski definition) is 1. The summed E-state index contributed by atoms with van der Waals surface area (Å²) in [5.74, 6) is 0.278. The molecule has 0 bridgehead atoms. The minimum atomic E-state index is -0.406. The fourth-order valence-electron chi connectivity index (χ4n) is 2.58. The topological polar surface area (TPSA) is 33.5 Å². The summed E-state index contributed by atoms with van der Waals surface area (Å²) in [5.41, 5.74) is 0.467. The predicted molar refractivity (Wildman–Crippen MR) is 78.6 cm³/mol. The van der Waals surface area contributed by atoms with Crippen LogP contribution < -0.4 is 10.2 Å². The molecule has 1 saturated heterocycles. The van der Waals surface area contributed by atoms with Gasteiger partial charge in [-0.15, -0.1) is 0 Å². The van der Waals surface area contributed by atoms with E-state index in [9.17, 15) is 9.18 Å². The van der Waals surface area contributed by atoms with Crippen LogP contribution in [-0.4, -0.2) is 25.0 Å². The summed E-state index contributed by atoms with van der Waals surface area (Å²) in [6.45, 7) is 6.22. The van der Waals surface area contributed by atoms with E-state index in [2.05, 4.69) is 12.2 Å². The van der Waals surface area contributed by atoms with Gasteiger partial charge >= 0.3 is 0 Å². The van der Waals surface area contributed by atoms with Gasteiger partial charge < -0.3 is 10.2 Å². The SMILES string of the molecule is CC1CC[NH+]([C@@H](C)C(=O)Nc2ccc(F)cc2Cl)CC1. The molecule has 0 aromatic heterocycles. The number of nitrogens with one attached hydrogen (secondary N) is 2. The zero-order valence-corrected chi connectivity index (χ0v) is 12.6. The summed E-state index contributed by atoms with van der Waals surface area (Å²) in [7, 11) is 0. The van der Waals surface area contributed by atoms with Crippen LogP contribution in [0.3, 0.4) is 0 Å². The summed E-state index contributed by atoms with van der Waals surface area (Å²) >= 11 is 5.92. The summed E-state index contributed by atoms with van der Waals surface area (Å²) in [4.78, 5) is 13.6. The predicted octanol–water partition coefficient (Wildman–Crippen LogP) is 2.12. The third-order valence-corrected chi connectivity index (χ3v) is 4.42. The molecule has 0 saturated carbocycles. The Labute approximate surface area is 124 Å². The minimum absolute atomic E-state index is 0.0666. The van der Waals surface area contributed by atoms with E-state index < -0.39 is 5.82 Å². The summed E-state index contributed by atoms with van der Waals surface area (Å²) in [6.07, 6.45) is 2.31. The molecule has 1 atom stereocenters. The highest BCUT2D eigenvalue weighted by molar-refractivity contribution is 6.33. The Morgan fingerprint density at radius 3 is 2.70 bits per heavy atom. The second kappa shape index (κ2) is 6.55. The van der Waals surface area contributed by atoms with Crippen molar-refractivity contribution in [2.24, 2.45) is 5.92 Å². The van der Waals surface area contributed by atoms with Crippen molar-refractivity contribution in [3.05, 3.63) is 29.0 Å². The van der Waals surface area contributed by atoms with Crippen molar-refractivity contribution in [1.82, 2.24) is 0 Å². The third kappa shape index (κ3) is 3.70. The molecular formula is C15H21ClFN2O+. The van der Waals surface area contributed by atoms with E-state index in [1.807, 2.05) is 6.92 Å². The van der Waals surface area contributed by atoms with E-state index in [0.717, 1.165) is 31.8 Å². The molecule has 20 heavy (non-hydrogen) atoms. The number of quaternary nitrogens is 1. The first-order valence-corrected chi connectivity index (χ1v) is 7.45. The maximum absolute atomic E-state index is 13.0. The summed E-state index contributed by atoms with van der Waals surface area (Å²) in [6, 6.07) is 3.87. The Bertz CT molecular complexity index is 487. The molecule has 1 fully saturated rings. The van der Waals surface area contributed by atoms with Gasteiger partial charge in [0.05, 0.1) is 23.8 Å². The van der Waals surface area contributed by atoms with Gasteiger partial charge in [-0.05, 0) is 43.9 Å². The zero-order chi connectivity index (χ0) is 14.7. The van der Waals surface area contributed by atoms with Crippen LogP contribution >= 0.6 is 11.6 Å². The molecule has 2 N–H and O–H groups in total. The monoisotopic (exact) mass is 299 g/mol. The quantitative estimate of drug-likeness (QED) is 0.881. The van der Waals surface area contributed by atoms with Gasteiger partial charge in [-0.3, -0.25) is 4.79 Å². The average molecular weight is 300 g/mol. The van der Waals surface area contributed by atoms with E-state index >= 15 is 0 Å². The lowest BCUT2D eigenvalue weighted by Crippen LogP contribution is -3.17. The number of hydrogen-bond donors (Lipinski definition) is 2. The first-order valence-electron chi connectivity index (χ1n) is 7.08. The molecule has 5 heteroatoms. The number of halogens is 2. The molecular weight excluding hydrogens is 279 g/mol. The van der Waals surface area contributed by atoms with Crippen LogP contribution in [0.15, 0.2) is 18.2 Å². The number of piperidine rings is 1. The molecule has 3 nitrogen and oxygen atoms in total. The van der Waals surface area contributed by atoms with Crippen molar-refractivity contribution in [2.45, 2.75) is 32.7 Å². The number of rotatable bonds is 3. The molecule has 1 heterocycles. The lowest BCUT2D eigenvalue weighted by molar-refractivity contribution is -0.919. The molecule has 1 aromatic rings. The third-order valence-electron chi connectivity index (χ3n) is 4.11. The van der Waals surface area contributed by atoms with Gasteiger partial charge in [0, 0.05) is 0 Å². The van der Waals surface area contributed by atoms with Crippen LogP contribution in [0.1, 0.15) is 26.7 Å². The Hall–Kier alpha value is -1.13. The molecule has 0 aliphatic carbocycles. The van der Waals surface area contributed by atoms with Crippen molar-refractivity contribution in [1.29, 1.82) is 0 Å². The highest BCUT2D eigenvalue weighted by Crippen LogP contribution is 2.22. The molecule has 1 aliphatic heterocycles. The highest BCUT2D eigenvalue weighted by Gasteiger charge is 2.28. The van der Waals surface area contributed by atoms with Gasteiger partial charge in [0.1, 0.15) is 5.82 Å². The second-order valence-electron chi connectivity index (χ2n) is 5.68. The minimum Gasteiger partial charge on any atom is -0.325 e. The maximum Gasteiger partial charge on any atom is 0.282 e. The highest BCUT2D eigenvalue weighted by atomic mass is 35.5. The molecule has 1 aromatic carbocycles. The molecule has 1 amide bonds. The average Bonchev–Trinajstić information content (AvgIpc) is 2.42. The van der Waals surface area contributed by atoms with E-state index in [0.29, 0.717) is 5.69 Å². The van der Waals surface area contributed by atoms with Crippen LogP contribution in [0.5, 0.6) is 0 Å². The lowest BCUT2D eigenvalue weighted by atomic mass is 9.98. The van der Waals surface area contributed by atoms with Crippen LogP contribution in [0, 0.1) is 11.7 Å². The smallest absolute Gasteiger partial charge is 0.282 e. The second-order valence-corrected chi connectivity index (χ2v) is 6.08. The Kier molecular flexibility index (Phi) is 5.00. The van der Waals surface area contributed by atoms with Gasteiger partial charge in [0.15, 0.2) is 6.04 Å². The number of benzene rings is 1. The van der Waals surface area contributed by atoms with Gasteiger partial charge in [-0.2, -0.15) is 0 Å². The van der Waals surface area contributed by atoms with E-state index in [4.69, 9.17) is 11.6 Å². The number of likely N-dealkylation sites (tertiary alicyclic amines) is 1. The molecule has 0 radical (unpaired) electrons. The Morgan fingerprint density at radius 1 is 1.45 bits per heavy atom. The van der Waals surface area contributed by atoms with Crippen molar-refractivity contribution >= 4 is 23.2 Å². The number of amides is 1. The Morgan fingerprint density at radius 2 is 2.10 bits per heavy atom. The van der Waals surface area contributed by atoms with Crippen molar-refractivity contribution in [3.8, 4) is 0 Å². The first kappa shape index (κ1) is 15.3. The van der Waals surface area contributed by atoms with Crippen LogP contribution in [-0.2, 0) is 4.79 Å². The largest absolute Gasteiger partial charge is 0.325 e. The fourth-order valence-corrected chi connectivity index (χ4v) is 2.80.